The molecule has 0 aromatic carbocycles. The summed E-state index contributed by atoms with van der Waals surface area (Å²) in [4.78, 5) is 10.5. The van der Waals surface area contributed by atoms with E-state index in [-0.39, 0.29) is 18.1 Å². The van der Waals surface area contributed by atoms with Crippen LogP contribution >= 0.6 is 0 Å². The van der Waals surface area contributed by atoms with Crippen molar-refractivity contribution in [1.82, 2.24) is 10.2 Å². The molecular weight excluding hydrogens is 160 g/mol. The monoisotopic (exact) mass is 172 g/mol. The molecule has 12 heavy (non-hydrogen) atoms. The Morgan fingerprint density at radius 2 is 2.25 bits per heavy atom. The summed E-state index contributed by atoms with van der Waals surface area (Å²) in [6.45, 7) is 5.95. The van der Waals surface area contributed by atoms with Gasteiger partial charge in [0.2, 0.25) is 5.89 Å². The largest absolute Gasteiger partial charge is 0.434 e. The zero-order valence-corrected chi connectivity index (χ0v) is 7.38. The maximum absolute atomic E-state index is 10.5. The quantitative estimate of drug-likeness (QED) is 0.712. The van der Waals surface area contributed by atoms with Gasteiger partial charge in [0.05, 0.1) is 5.60 Å². The van der Waals surface area contributed by atoms with Crippen molar-refractivity contribution in [3.05, 3.63) is 16.4 Å². The Labute approximate surface area is 69.7 Å². The zero-order chi connectivity index (χ0) is 9.19. The number of ether oxygens (including phenoxy) is 1. The lowest BCUT2D eigenvalue weighted by atomic mass is 10.2. The topological polar surface area (TPSA) is 68.1 Å². The summed E-state index contributed by atoms with van der Waals surface area (Å²) in [5.41, 5.74) is -0.252. The SMILES string of the molecule is CC(C)(C)OCc1n[nH]c(=O)o1. The van der Waals surface area contributed by atoms with E-state index in [1.54, 1.807) is 0 Å². The number of nitrogens with zero attached hydrogens (tertiary/aromatic N) is 1. The number of nitrogens with one attached hydrogen (secondary N) is 1. The summed E-state index contributed by atoms with van der Waals surface area (Å²) < 4.78 is 9.95. The highest BCUT2D eigenvalue weighted by Gasteiger charge is 2.12. The maximum Gasteiger partial charge on any atom is 0.434 e. The Hall–Kier alpha value is -1.10. The molecule has 1 aromatic heterocycles. The fraction of sp³-hybridized carbons (Fsp3) is 0.714. The smallest absolute Gasteiger partial charge is 0.390 e. The minimum atomic E-state index is -0.553. The Bertz CT molecular complexity index is 294. The molecule has 1 aromatic rings. The van der Waals surface area contributed by atoms with Gasteiger partial charge in [-0.3, -0.25) is 0 Å². The van der Waals surface area contributed by atoms with Gasteiger partial charge in [-0.1, -0.05) is 0 Å². The first-order chi connectivity index (χ1) is 5.47. The minimum absolute atomic E-state index is 0.211. The molecule has 0 fully saturated rings. The molecule has 0 aliphatic rings. The Balaban J connectivity index is 2.49. The number of hydrogen-bond donors (Lipinski definition) is 1. The molecule has 68 valence electrons. The van der Waals surface area contributed by atoms with Crippen molar-refractivity contribution in [2.24, 2.45) is 0 Å². The second-order valence-corrected chi connectivity index (χ2v) is 3.41. The van der Waals surface area contributed by atoms with Crippen molar-refractivity contribution in [2.45, 2.75) is 33.0 Å². The first-order valence-electron chi connectivity index (χ1n) is 3.66. The molecule has 0 unspecified atom stereocenters. The first kappa shape index (κ1) is 8.99. The minimum Gasteiger partial charge on any atom is -0.390 e. The molecule has 0 bridgehead atoms. The molecule has 5 heteroatoms. The number of rotatable bonds is 2. The van der Waals surface area contributed by atoms with E-state index >= 15 is 0 Å². The molecule has 0 aliphatic carbocycles. The number of hydrogen-bond acceptors (Lipinski definition) is 4. The van der Waals surface area contributed by atoms with Crippen molar-refractivity contribution in [1.29, 1.82) is 0 Å². The number of H-pyrrole nitrogens is 1. The second kappa shape index (κ2) is 3.10. The molecular formula is C7H12N2O3. The predicted molar refractivity (Wildman–Crippen MR) is 41.7 cm³/mol. The van der Waals surface area contributed by atoms with Gasteiger partial charge < -0.3 is 9.15 Å². The maximum atomic E-state index is 10.5. The molecule has 0 atom stereocenters. The average molecular weight is 172 g/mol. The van der Waals surface area contributed by atoms with E-state index in [1.807, 2.05) is 20.8 Å². The van der Waals surface area contributed by atoms with Crippen LogP contribution in [0.25, 0.3) is 0 Å². The van der Waals surface area contributed by atoms with E-state index in [9.17, 15) is 4.79 Å². The summed E-state index contributed by atoms with van der Waals surface area (Å²) in [6, 6.07) is 0. The fourth-order valence-corrected chi connectivity index (χ4v) is 0.601. The van der Waals surface area contributed by atoms with Crippen LogP contribution in [0.1, 0.15) is 26.7 Å². The standard InChI is InChI=1S/C7H12N2O3/c1-7(2,3)11-4-5-8-9-6(10)12-5/h4H2,1-3H3,(H,9,10). The molecule has 0 amide bonds. The molecule has 1 rings (SSSR count). The third kappa shape index (κ3) is 2.87. The summed E-state index contributed by atoms with van der Waals surface area (Å²) in [6.07, 6.45) is 0. The summed E-state index contributed by atoms with van der Waals surface area (Å²) in [5, 5.41) is 5.74. The number of aromatic amines is 1. The lowest BCUT2D eigenvalue weighted by molar-refractivity contribution is -0.0247. The van der Waals surface area contributed by atoms with Gasteiger partial charge in [0.25, 0.3) is 0 Å². The van der Waals surface area contributed by atoms with Crippen LogP contribution in [0.5, 0.6) is 0 Å². The van der Waals surface area contributed by atoms with Gasteiger partial charge in [-0.15, -0.1) is 5.10 Å². The predicted octanol–water partition coefficient (Wildman–Crippen LogP) is 0.678. The van der Waals surface area contributed by atoms with Crippen LogP contribution in [-0.2, 0) is 11.3 Å². The van der Waals surface area contributed by atoms with E-state index in [0.29, 0.717) is 0 Å². The second-order valence-electron chi connectivity index (χ2n) is 3.41. The zero-order valence-electron chi connectivity index (χ0n) is 7.38. The van der Waals surface area contributed by atoms with Crippen molar-refractivity contribution in [3.8, 4) is 0 Å². The van der Waals surface area contributed by atoms with Crippen molar-refractivity contribution >= 4 is 0 Å². The van der Waals surface area contributed by atoms with Crippen LogP contribution in [0.3, 0.4) is 0 Å². The molecule has 0 spiro atoms. The number of aromatic nitrogens is 2. The average Bonchev–Trinajstić information content (AvgIpc) is 2.30. The lowest BCUT2D eigenvalue weighted by Gasteiger charge is -2.17. The van der Waals surface area contributed by atoms with E-state index in [1.165, 1.54) is 0 Å². The van der Waals surface area contributed by atoms with Crippen LogP contribution in [-0.4, -0.2) is 15.8 Å². The molecule has 0 saturated heterocycles. The van der Waals surface area contributed by atoms with Gasteiger partial charge in [0, 0.05) is 0 Å². The highest BCUT2D eigenvalue weighted by atomic mass is 16.5. The molecule has 1 heterocycles. The van der Waals surface area contributed by atoms with Crippen LogP contribution in [0, 0.1) is 0 Å². The van der Waals surface area contributed by atoms with Crippen molar-refractivity contribution in [3.63, 3.8) is 0 Å². The Morgan fingerprint density at radius 3 is 2.67 bits per heavy atom. The normalized spacial score (nSPS) is 11.9. The van der Waals surface area contributed by atoms with E-state index in [0.717, 1.165) is 0 Å². The van der Waals surface area contributed by atoms with Gasteiger partial charge >= 0.3 is 5.76 Å². The Morgan fingerprint density at radius 1 is 1.58 bits per heavy atom. The summed E-state index contributed by atoms with van der Waals surface area (Å²) in [7, 11) is 0. The van der Waals surface area contributed by atoms with Gasteiger partial charge in [-0.2, -0.15) is 0 Å². The third-order valence-corrected chi connectivity index (χ3v) is 1.11. The summed E-state index contributed by atoms with van der Waals surface area (Å²) in [5.74, 6) is -0.280. The van der Waals surface area contributed by atoms with Crippen LogP contribution in [0.15, 0.2) is 9.21 Å². The molecule has 0 radical (unpaired) electrons. The van der Waals surface area contributed by atoms with Crippen LogP contribution in [0.2, 0.25) is 0 Å². The summed E-state index contributed by atoms with van der Waals surface area (Å²) >= 11 is 0. The third-order valence-electron chi connectivity index (χ3n) is 1.11. The van der Waals surface area contributed by atoms with Gasteiger partial charge in [0.1, 0.15) is 6.61 Å². The Kier molecular flexibility index (Phi) is 2.32. The van der Waals surface area contributed by atoms with Crippen LogP contribution in [0.4, 0.5) is 0 Å². The lowest BCUT2D eigenvalue weighted by Crippen LogP contribution is -2.18. The van der Waals surface area contributed by atoms with Crippen molar-refractivity contribution < 1.29 is 9.15 Å². The van der Waals surface area contributed by atoms with Crippen LogP contribution < -0.4 is 5.76 Å². The molecule has 5 nitrogen and oxygen atoms in total. The molecule has 0 aliphatic heterocycles. The van der Waals surface area contributed by atoms with E-state index in [2.05, 4.69) is 14.6 Å². The highest BCUT2D eigenvalue weighted by molar-refractivity contribution is 4.70. The molecule has 1 N–H and O–H groups in total. The van der Waals surface area contributed by atoms with E-state index < -0.39 is 5.76 Å². The molecule has 0 saturated carbocycles. The highest BCUT2D eigenvalue weighted by Crippen LogP contribution is 2.08. The van der Waals surface area contributed by atoms with Gasteiger partial charge in [-0.05, 0) is 20.8 Å². The van der Waals surface area contributed by atoms with Crippen molar-refractivity contribution in [2.75, 3.05) is 0 Å². The first-order valence-corrected chi connectivity index (χ1v) is 3.66. The van der Waals surface area contributed by atoms with E-state index in [4.69, 9.17) is 4.74 Å². The van der Waals surface area contributed by atoms with Gasteiger partial charge in [0.15, 0.2) is 0 Å². The fourth-order valence-electron chi connectivity index (χ4n) is 0.601. The van der Waals surface area contributed by atoms with Gasteiger partial charge in [-0.25, -0.2) is 9.89 Å².